The maximum Gasteiger partial charge on any atom is 0.294 e. The van der Waals surface area contributed by atoms with Gasteiger partial charge in [-0.05, 0) is 36.4 Å². The van der Waals surface area contributed by atoms with Gasteiger partial charge < -0.3 is 0 Å². The van der Waals surface area contributed by atoms with Crippen LogP contribution >= 0.6 is 7.26 Å². The van der Waals surface area contributed by atoms with Gasteiger partial charge >= 0.3 is 0 Å². The monoisotopic (exact) mass is 357 g/mol. The van der Waals surface area contributed by atoms with Crippen LogP contribution < -0.4 is 15.9 Å². The van der Waals surface area contributed by atoms with Crippen molar-refractivity contribution in [1.29, 1.82) is 0 Å². The smallest absolute Gasteiger partial charge is 0.282 e. The zero-order valence-electron chi connectivity index (χ0n) is 13.2. The molecule has 3 nitrogen and oxygen atoms in total. The molecule has 3 rings (SSSR count). The first kappa shape index (κ1) is 16.8. The Morgan fingerprint density at radius 2 is 1.17 bits per heavy atom. The lowest BCUT2D eigenvalue weighted by Crippen LogP contribution is -2.30. The molecule has 0 aliphatic heterocycles. The van der Waals surface area contributed by atoms with E-state index in [4.69, 9.17) is 0 Å². The SMILES string of the molecule is C[P+](c1ccccc1)(c1ccccc1)c1cccc(S(=O)(=O)O)c1. The average Bonchev–Trinajstić information content (AvgIpc) is 2.62. The Hall–Kier alpha value is -2.00. The first-order valence-electron chi connectivity index (χ1n) is 7.48. The molecule has 0 aromatic heterocycles. The van der Waals surface area contributed by atoms with E-state index in [0.29, 0.717) is 0 Å². The maximum absolute atomic E-state index is 11.6. The Labute approximate surface area is 143 Å². The highest BCUT2D eigenvalue weighted by atomic mass is 32.2. The molecule has 0 spiro atoms. The minimum absolute atomic E-state index is 0.0712. The Bertz CT molecular complexity index is 899. The molecule has 5 heteroatoms. The summed E-state index contributed by atoms with van der Waals surface area (Å²) in [4.78, 5) is -0.0712. The largest absolute Gasteiger partial charge is 0.294 e. The van der Waals surface area contributed by atoms with Crippen LogP contribution in [0.3, 0.4) is 0 Å². The Kier molecular flexibility index (Phi) is 4.55. The van der Waals surface area contributed by atoms with Crippen LogP contribution in [0.15, 0.2) is 89.8 Å². The maximum atomic E-state index is 11.6. The van der Waals surface area contributed by atoms with Gasteiger partial charge in [-0.3, -0.25) is 4.55 Å². The summed E-state index contributed by atoms with van der Waals surface area (Å²) in [6, 6.07) is 26.8. The normalized spacial score (nSPS) is 12.1. The molecule has 0 aliphatic rings. The van der Waals surface area contributed by atoms with Gasteiger partial charge in [-0.25, -0.2) is 0 Å². The minimum Gasteiger partial charge on any atom is -0.282 e. The molecule has 0 radical (unpaired) electrons. The van der Waals surface area contributed by atoms with Crippen molar-refractivity contribution >= 4 is 33.3 Å². The van der Waals surface area contributed by atoms with E-state index in [9.17, 15) is 13.0 Å². The third-order valence-corrected chi connectivity index (χ3v) is 9.00. The Morgan fingerprint density at radius 3 is 1.62 bits per heavy atom. The average molecular weight is 357 g/mol. The molecule has 0 fully saturated rings. The van der Waals surface area contributed by atoms with Crippen LogP contribution in [0.4, 0.5) is 0 Å². The zero-order chi connectivity index (χ0) is 17.2. The first-order valence-corrected chi connectivity index (χ1v) is 11.2. The van der Waals surface area contributed by atoms with Crippen molar-refractivity contribution in [3.63, 3.8) is 0 Å². The van der Waals surface area contributed by atoms with Crippen LogP contribution in [0, 0.1) is 0 Å². The highest BCUT2D eigenvalue weighted by Gasteiger charge is 2.40. The number of rotatable bonds is 4. The minimum atomic E-state index is -4.23. The molecule has 0 bridgehead atoms. The quantitative estimate of drug-likeness (QED) is 0.577. The predicted octanol–water partition coefficient (Wildman–Crippen LogP) is 2.86. The molecule has 0 unspecified atom stereocenters. The fraction of sp³-hybridized carbons (Fsp3) is 0.0526. The second-order valence-corrected chi connectivity index (χ2v) is 10.6. The molecular formula is C19H18O3PS+. The van der Waals surface area contributed by atoms with Crippen molar-refractivity contribution in [2.24, 2.45) is 0 Å². The van der Waals surface area contributed by atoms with Gasteiger partial charge in [0.2, 0.25) is 0 Å². The van der Waals surface area contributed by atoms with Crippen LogP contribution in [0.25, 0.3) is 0 Å². The van der Waals surface area contributed by atoms with E-state index >= 15 is 0 Å². The lowest BCUT2D eigenvalue weighted by Gasteiger charge is -2.23. The topological polar surface area (TPSA) is 54.4 Å². The molecule has 122 valence electrons. The van der Waals surface area contributed by atoms with E-state index < -0.39 is 17.4 Å². The first-order chi connectivity index (χ1) is 11.4. The fourth-order valence-corrected chi connectivity index (χ4v) is 6.65. The molecule has 3 aromatic carbocycles. The van der Waals surface area contributed by atoms with Crippen molar-refractivity contribution in [1.82, 2.24) is 0 Å². The van der Waals surface area contributed by atoms with Gasteiger partial charge in [-0.2, -0.15) is 8.42 Å². The molecule has 0 saturated heterocycles. The Balaban J connectivity index is 2.28. The van der Waals surface area contributed by atoms with Gasteiger partial charge in [-0.1, -0.05) is 42.5 Å². The third-order valence-electron chi connectivity index (χ3n) is 4.18. The van der Waals surface area contributed by atoms with Gasteiger partial charge in [0.25, 0.3) is 10.1 Å². The van der Waals surface area contributed by atoms with Crippen LogP contribution in [-0.2, 0) is 10.1 Å². The summed E-state index contributed by atoms with van der Waals surface area (Å²) in [6.45, 7) is 2.17. The summed E-state index contributed by atoms with van der Waals surface area (Å²) in [5.74, 6) is 0. The summed E-state index contributed by atoms with van der Waals surface area (Å²) in [7, 11) is -6.23. The fourth-order valence-electron chi connectivity index (χ4n) is 2.82. The van der Waals surface area contributed by atoms with Crippen molar-refractivity contribution in [2.75, 3.05) is 6.66 Å². The van der Waals surface area contributed by atoms with Crippen LogP contribution in [0.2, 0.25) is 0 Å². The summed E-state index contributed by atoms with van der Waals surface area (Å²) in [5.41, 5.74) is 0. The molecule has 1 N–H and O–H groups in total. The van der Waals surface area contributed by atoms with Crippen LogP contribution in [0.5, 0.6) is 0 Å². The predicted molar refractivity (Wildman–Crippen MR) is 101 cm³/mol. The lowest BCUT2D eigenvalue weighted by atomic mass is 10.3. The van der Waals surface area contributed by atoms with Crippen LogP contribution in [0.1, 0.15) is 0 Å². The summed E-state index contributed by atoms with van der Waals surface area (Å²) < 4.78 is 32.5. The van der Waals surface area contributed by atoms with Gasteiger partial charge in [0.15, 0.2) is 0 Å². The second kappa shape index (κ2) is 6.48. The van der Waals surface area contributed by atoms with E-state index in [-0.39, 0.29) is 4.90 Å². The van der Waals surface area contributed by atoms with E-state index in [1.807, 2.05) is 42.5 Å². The van der Waals surface area contributed by atoms with E-state index in [0.717, 1.165) is 15.9 Å². The van der Waals surface area contributed by atoms with Crippen LogP contribution in [-0.4, -0.2) is 19.6 Å². The van der Waals surface area contributed by atoms with Gasteiger partial charge in [0.1, 0.15) is 23.2 Å². The molecular weight excluding hydrogens is 339 g/mol. The van der Waals surface area contributed by atoms with Crippen molar-refractivity contribution in [3.8, 4) is 0 Å². The van der Waals surface area contributed by atoms with E-state index in [2.05, 4.69) is 30.9 Å². The molecule has 3 aromatic rings. The highest BCUT2D eigenvalue weighted by molar-refractivity contribution is 7.95. The summed E-state index contributed by atoms with van der Waals surface area (Å²) in [6.07, 6.45) is 0. The third kappa shape index (κ3) is 3.13. The standard InChI is InChI=1S/C19H17O3PS/c1-23(16-9-4-2-5-10-16,17-11-6-3-7-12-17)18-13-8-14-19(15-18)24(20,21)22/h2-15H,1H3/p+1. The number of hydrogen-bond acceptors (Lipinski definition) is 2. The van der Waals surface area contributed by atoms with Crippen molar-refractivity contribution in [2.45, 2.75) is 4.90 Å². The molecule has 0 atom stereocenters. The van der Waals surface area contributed by atoms with Gasteiger partial charge in [0, 0.05) is 6.07 Å². The molecule has 24 heavy (non-hydrogen) atoms. The van der Waals surface area contributed by atoms with E-state index in [1.54, 1.807) is 12.1 Å². The van der Waals surface area contributed by atoms with E-state index in [1.165, 1.54) is 6.07 Å². The van der Waals surface area contributed by atoms with Crippen molar-refractivity contribution in [3.05, 3.63) is 84.9 Å². The molecule has 0 aliphatic carbocycles. The summed E-state index contributed by atoms with van der Waals surface area (Å²) >= 11 is 0. The molecule has 0 heterocycles. The van der Waals surface area contributed by atoms with Crippen molar-refractivity contribution < 1.29 is 13.0 Å². The molecule has 0 amide bonds. The lowest BCUT2D eigenvalue weighted by molar-refractivity contribution is 0.483. The zero-order valence-corrected chi connectivity index (χ0v) is 14.9. The molecule has 0 saturated carbocycles. The highest BCUT2D eigenvalue weighted by Crippen LogP contribution is 2.51. The second-order valence-electron chi connectivity index (χ2n) is 5.65. The van der Waals surface area contributed by atoms with Gasteiger partial charge in [0.05, 0.1) is 11.6 Å². The Morgan fingerprint density at radius 1 is 0.708 bits per heavy atom. The van der Waals surface area contributed by atoms with Gasteiger partial charge in [-0.15, -0.1) is 0 Å². The summed E-state index contributed by atoms with van der Waals surface area (Å²) in [5, 5.41) is 3.22. The number of hydrogen-bond donors (Lipinski definition) is 1. The number of benzene rings is 3.